The van der Waals surface area contributed by atoms with Gasteiger partial charge in [0.2, 0.25) is 0 Å². The molecule has 0 aliphatic heterocycles. The van der Waals surface area contributed by atoms with Gasteiger partial charge in [0.15, 0.2) is 0 Å². The Morgan fingerprint density at radius 2 is 1.83 bits per heavy atom. The summed E-state index contributed by atoms with van der Waals surface area (Å²) in [6.45, 7) is 7.66. The average Bonchev–Trinajstić information content (AvgIpc) is 2.85. The number of halogens is 4. The van der Waals surface area contributed by atoms with Gasteiger partial charge in [-0.3, -0.25) is 4.98 Å². The zero-order valence-electron chi connectivity index (χ0n) is 18.8. The lowest BCUT2D eigenvalue weighted by atomic mass is 10.1. The van der Waals surface area contributed by atoms with E-state index in [1.54, 1.807) is 36.5 Å². The lowest BCUT2D eigenvalue weighted by molar-refractivity contribution is -0.137. The topological polar surface area (TPSA) is 89.3 Å². The third-order valence-electron chi connectivity index (χ3n) is 4.37. The first-order valence-electron chi connectivity index (χ1n) is 10.3. The van der Waals surface area contributed by atoms with Crippen molar-refractivity contribution in [2.75, 3.05) is 11.9 Å². The molecule has 0 spiro atoms. The number of pyridine rings is 1. The highest BCUT2D eigenvalue weighted by Crippen LogP contribution is 2.31. The van der Waals surface area contributed by atoms with Crippen LogP contribution in [-0.2, 0) is 6.18 Å². The lowest BCUT2D eigenvalue weighted by Crippen LogP contribution is -2.12. The molecule has 1 aromatic heterocycles. The Morgan fingerprint density at radius 3 is 2.43 bits per heavy atom. The number of benzene rings is 2. The Morgan fingerprint density at radius 1 is 1.09 bits per heavy atom. The molecule has 1 heterocycles. The van der Waals surface area contributed by atoms with Crippen molar-refractivity contribution < 1.29 is 17.6 Å². The minimum Gasteiger partial charge on any atom is -0.383 e. The van der Waals surface area contributed by atoms with Crippen molar-refractivity contribution in [1.82, 2.24) is 4.98 Å². The molecule has 0 radical (unpaired) electrons. The van der Waals surface area contributed by atoms with Gasteiger partial charge in [-0.25, -0.2) is 9.38 Å². The molecular formula is C26H25F4N5. The minimum atomic E-state index is -4.47. The predicted molar refractivity (Wildman–Crippen MR) is 134 cm³/mol. The van der Waals surface area contributed by atoms with Crippen LogP contribution in [0.2, 0.25) is 0 Å². The maximum Gasteiger partial charge on any atom is 0.416 e. The summed E-state index contributed by atoms with van der Waals surface area (Å²) in [4.78, 5) is 8.13. The van der Waals surface area contributed by atoms with E-state index in [1.165, 1.54) is 30.5 Å². The Kier molecular flexibility index (Phi) is 9.92. The number of alkyl halides is 3. The van der Waals surface area contributed by atoms with E-state index in [2.05, 4.69) is 28.5 Å². The van der Waals surface area contributed by atoms with E-state index in [0.717, 1.165) is 12.1 Å². The zero-order valence-corrected chi connectivity index (χ0v) is 18.8. The van der Waals surface area contributed by atoms with Crippen LogP contribution in [0.25, 0.3) is 11.3 Å². The molecule has 0 saturated heterocycles. The number of aliphatic imine (C=N–C) groups is 1. The molecule has 5 N–H and O–H groups in total. The van der Waals surface area contributed by atoms with Gasteiger partial charge in [0, 0.05) is 30.1 Å². The molecule has 182 valence electrons. The normalized spacial score (nSPS) is 11.5. The number of aromatic nitrogens is 1. The number of nitrogens with zero attached hydrogens (tertiary/aromatic N) is 2. The van der Waals surface area contributed by atoms with Crippen LogP contribution in [0.3, 0.4) is 0 Å². The van der Waals surface area contributed by atoms with Gasteiger partial charge < -0.3 is 16.8 Å². The van der Waals surface area contributed by atoms with Gasteiger partial charge in [-0.15, -0.1) is 6.58 Å². The van der Waals surface area contributed by atoms with Crippen molar-refractivity contribution in [3.63, 3.8) is 0 Å². The maximum atomic E-state index is 14.4. The van der Waals surface area contributed by atoms with Gasteiger partial charge in [0.05, 0.1) is 22.6 Å². The number of rotatable bonds is 7. The highest BCUT2D eigenvalue weighted by molar-refractivity contribution is 6.00. The van der Waals surface area contributed by atoms with Gasteiger partial charge in [0.1, 0.15) is 11.7 Å². The fraction of sp³-hybridized carbons (Fsp3) is 0.0769. The summed E-state index contributed by atoms with van der Waals surface area (Å²) < 4.78 is 52.7. The third kappa shape index (κ3) is 8.56. The van der Waals surface area contributed by atoms with E-state index in [0.29, 0.717) is 17.8 Å². The minimum absolute atomic E-state index is 0.0472. The van der Waals surface area contributed by atoms with Crippen LogP contribution in [0.1, 0.15) is 5.56 Å². The van der Waals surface area contributed by atoms with Crippen LogP contribution in [0, 0.1) is 5.82 Å². The van der Waals surface area contributed by atoms with E-state index in [9.17, 15) is 17.6 Å². The Bertz CT molecular complexity index is 1200. The first kappa shape index (κ1) is 27.0. The van der Waals surface area contributed by atoms with Gasteiger partial charge in [0.25, 0.3) is 0 Å². The second-order valence-corrected chi connectivity index (χ2v) is 6.98. The van der Waals surface area contributed by atoms with Gasteiger partial charge in [-0.1, -0.05) is 30.9 Å². The molecule has 3 aromatic rings. The van der Waals surface area contributed by atoms with Gasteiger partial charge in [-0.2, -0.15) is 13.2 Å². The fourth-order valence-corrected chi connectivity index (χ4v) is 2.61. The van der Waals surface area contributed by atoms with Gasteiger partial charge >= 0.3 is 6.18 Å². The second kappa shape index (κ2) is 12.9. The summed E-state index contributed by atoms with van der Waals surface area (Å²) in [5.41, 5.74) is 11.7. The molecular weight excluding hydrogens is 458 g/mol. The number of amidine groups is 1. The van der Waals surface area contributed by atoms with Crippen LogP contribution < -0.4 is 16.8 Å². The SMILES string of the molecule is C=C(/C=C\Nc1ccc(-c2ccccn2)cc1F)C(N)=Nc1cccc(C(F)(F)F)c1.C=CCN. The number of hydrogen-bond acceptors (Lipinski definition) is 4. The molecule has 35 heavy (non-hydrogen) atoms. The van der Waals surface area contributed by atoms with Gasteiger partial charge in [-0.05, 0) is 48.5 Å². The highest BCUT2D eigenvalue weighted by atomic mass is 19.4. The van der Waals surface area contributed by atoms with E-state index in [1.807, 2.05) is 6.07 Å². The van der Waals surface area contributed by atoms with E-state index in [-0.39, 0.29) is 22.8 Å². The summed E-state index contributed by atoms with van der Waals surface area (Å²) in [6.07, 6.45) is 1.66. The number of nitrogens with one attached hydrogen (secondary N) is 1. The molecule has 0 atom stereocenters. The Hall–Kier alpha value is -4.24. The van der Waals surface area contributed by atoms with Crippen molar-refractivity contribution in [2.24, 2.45) is 16.5 Å². The molecule has 0 bridgehead atoms. The predicted octanol–water partition coefficient (Wildman–Crippen LogP) is 6.21. The molecule has 5 nitrogen and oxygen atoms in total. The Labute approximate surface area is 201 Å². The first-order chi connectivity index (χ1) is 16.7. The van der Waals surface area contributed by atoms with Crippen molar-refractivity contribution in [2.45, 2.75) is 6.18 Å². The molecule has 9 heteroatoms. The molecule has 0 aliphatic carbocycles. The smallest absolute Gasteiger partial charge is 0.383 e. The summed E-state index contributed by atoms with van der Waals surface area (Å²) >= 11 is 0. The Balaban J connectivity index is 0.00000100. The fourth-order valence-electron chi connectivity index (χ4n) is 2.61. The summed E-state index contributed by atoms with van der Waals surface area (Å²) in [6, 6.07) is 14.5. The van der Waals surface area contributed by atoms with Crippen LogP contribution in [-0.4, -0.2) is 17.4 Å². The van der Waals surface area contributed by atoms with E-state index < -0.39 is 17.6 Å². The largest absolute Gasteiger partial charge is 0.416 e. The number of anilines is 1. The lowest BCUT2D eigenvalue weighted by Gasteiger charge is -2.07. The monoisotopic (exact) mass is 483 g/mol. The standard InChI is InChI=1S/C23H18F4N4.C3H7N/c1-15(22(28)31-18-6-4-5-17(14-18)23(25,26)27)10-12-30-21-9-8-16(13-19(21)24)20-7-2-3-11-29-20;1-2-3-4/h2-14,30H,1H2,(H2,28,31);2H,1,3-4H2/b12-10-;. The summed E-state index contributed by atoms with van der Waals surface area (Å²) in [5.74, 6) is -0.549. The molecule has 0 aliphatic rings. The van der Waals surface area contributed by atoms with Crippen molar-refractivity contribution in [3.05, 3.63) is 115 Å². The second-order valence-electron chi connectivity index (χ2n) is 6.98. The van der Waals surface area contributed by atoms with Crippen molar-refractivity contribution >= 4 is 17.2 Å². The quantitative estimate of drug-likeness (QED) is 0.123. The van der Waals surface area contributed by atoms with Crippen molar-refractivity contribution in [3.8, 4) is 11.3 Å². The summed E-state index contributed by atoms with van der Waals surface area (Å²) in [7, 11) is 0. The van der Waals surface area contributed by atoms with Crippen LogP contribution in [0.4, 0.5) is 28.9 Å². The first-order valence-corrected chi connectivity index (χ1v) is 10.3. The van der Waals surface area contributed by atoms with Crippen LogP contribution in [0.15, 0.2) is 109 Å². The molecule has 0 saturated carbocycles. The van der Waals surface area contributed by atoms with E-state index in [4.69, 9.17) is 11.5 Å². The molecule has 0 unspecified atom stereocenters. The molecule has 0 fully saturated rings. The summed E-state index contributed by atoms with van der Waals surface area (Å²) in [5, 5.41) is 2.77. The maximum absolute atomic E-state index is 14.4. The highest BCUT2D eigenvalue weighted by Gasteiger charge is 2.30. The van der Waals surface area contributed by atoms with E-state index >= 15 is 0 Å². The molecule has 0 amide bonds. The van der Waals surface area contributed by atoms with Crippen LogP contribution in [0.5, 0.6) is 0 Å². The number of nitrogens with two attached hydrogens (primary N) is 2. The van der Waals surface area contributed by atoms with Crippen LogP contribution >= 0.6 is 0 Å². The molecule has 3 rings (SSSR count). The van der Waals surface area contributed by atoms with Crippen molar-refractivity contribution in [1.29, 1.82) is 0 Å². The average molecular weight is 484 g/mol. The zero-order chi connectivity index (χ0) is 25.8. The number of hydrogen-bond donors (Lipinski definition) is 3. The third-order valence-corrected chi connectivity index (χ3v) is 4.37. The molecule has 2 aromatic carbocycles.